The van der Waals surface area contributed by atoms with Crippen LogP contribution in [0.15, 0.2) is 54.7 Å². The van der Waals surface area contributed by atoms with Crippen molar-refractivity contribution >= 4 is 41.0 Å². The average Bonchev–Trinajstić information content (AvgIpc) is 2.78. The Kier molecular flexibility index (Phi) is 6.66. The van der Waals surface area contributed by atoms with Crippen LogP contribution in [-0.2, 0) is 4.79 Å². The second kappa shape index (κ2) is 9.78. The van der Waals surface area contributed by atoms with E-state index < -0.39 is 0 Å². The van der Waals surface area contributed by atoms with E-state index in [4.69, 9.17) is 11.6 Å². The number of rotatable bonds is 5. The van der Waals surface area contributed by atoms with Gasteiger partial charge in [-0.2, -0.15) is 0 Å². The van der Waals surface area contributed by atoms with Gasteiger partial charge in [0.2, 0.25) is 5.91 Å². The molecule has 1 amide bonds. The first-order valence-electron chi connectivity index (χ1n) is 10.5. The summed E-state index contributed by atoms with van der Waals surface area (Å²) in [5.74, 6) is 2.95. The second-order valence-electron chi connectivity index (χ2n) is 7.67. The normalized spacial score (nSPS) is 14.1. The van der Waals surface area contributed by atoms with Gasteiger partial charge in [0, 0.05) is 49.5 Å². The molecule has 4 rings (SSSR count). The monoisotopic (exact) mass is 448 g/mol. The fraction of sp³-hybridized carbons (Fsp3) is 0.250. The molecular formula is C24H25ClN6O. The van der Waals surface area contributed by atoms with E-state index in [1.54, 1.807) is 18.3 Å². The Bertz CT molecular complexity index is 1140. The highest BCUT2D eigenvalue weighted by Gasteiger charge is 2.21. The van der Waals surface area contributed by atoms with E-state index in [9.17, 15) is 4.79 Å². The lowest BCUT2D eigenvalue weighted by Gasteiger charge is -2.35. The number of carbonyl (C=O) groups is 1. The molecule has 8 heteroatoms. The number of hydrogen-bond acceptors (Lipinski definition) is 6. The maximum Gasteiger partial charge on any atom is 0.246 e. The molecule has 0 atom stereocenters. The Morgan fingerprint density at radius 1 is 1.03 bits per heavy atom. The molecule has 3 heterocycles. The summed E-state index contributed by atoms with van der Waals surface area (Å²) >= 11 is 6.16. The van der Waals surface area contributed by atoms with Crippen LogP contribution in [-0.4, -0.2) is 51.9 Å². The average molecular weight is 449 g/mol. The maximum absolute atomic E-state index is 12.6. The number of nitrogens with one attached hydrogen (secondary N) is 1. The number of amides is 1. The number of halogens is 1. The number of aromatic nitrogens is 3. The Morgan fingerprint density at radius 2 is 1.81 bits per heavy atom. The molecule has 0 unspecified atom stereocenters. The molecule has 2 aromatic heterocycles. The first kappa shape index (κ1) is 21.8. The summed E-state index contributed by atoms with van der Waals surface area (Å²) in [5, 5.41) is 3.89. The summed E-state index contributed by atoms with van der Waals surface area (Å²) in [7, 11) is 0. The lowest BCUT2D eigenvalue weighted by molar-refractivity contribution is -0.126. The van der Waals surface area contributed by atoms with Crippen molar-refractivity contribution in [3.8, 4) is 0 Å². The lowest BCUT2D eigenvalue weighted by Crippen LogP contribution is -2.48. The van der Waals surface area contributed by atoms with Crippen molar-refractivity contribution in [1.82, 2.24) is 19.9 Å². The highest BCUT2D eigenvalue weighted by Crippen LogP contribution is 2.21. The molecule has 3 aromatic rings. The molecule has 0 radical (unpaired) electrons. The molecular weight excluding hydrogens is 424 g/mol. The fourth-order valence-electron chi connectivity index (χ4n) is 3.55. The molecule has 32 heavy (non-hydrogen) atoms. The molecule has 1 fully saturated rings. The largest absolute Gasteiger partial charge is 0.353 e. The Labute approximate surface area is 192 Å². The number of benzene rings is 1. The van der Waals surface area contributed by atoms with E-state index in [0.717, 1.165) is 22.8 Å². The first-order chi connectivity index (χ1) is 15.5. The van der Waals surface area contributed by atoms with Crippen LogP contribution in [0.3, 0.4) is 0 Å². The van der Waals surface area contributed by atoms with Crippen LogP contribution in [0.5, 0.6) is 0 Å². The topological polar surface area (TPSA) is 74.2 Å². The van der Waals surface area contributed by atoms with E-state index in [1.807, 2.05) is 61.2 Å². The molecule has 1 N–H and O–H groups in total. The van der Waals surface area contributed by atoms with Gasteiger partial charge in [0.15, 0.2) is 0 Å². The molecule has 0 aliphatic carbocycles. The van der Waals surface area contributed by atoms with E-state index in [-0.39, 0.29) is 5.91 Å². The van der Waals surface area contributed by atoms with Crippen LogP contribution in [0.1, 0.15) is 17.0 Å². The minimum absolute atomic E-state index is 0.0173. The molecule has 0 spiro atoms. The second-order valence-corrected chi connectivity index (χ2v) is 8.08. The molecule has 1 aliphatic rings. The third kappa shape index (κ3) is 5.42. The fourth-order valence-corrected chi connectivity index (χ4v) is 3.75. The van der Waals surface area contributed by atoms with Gasteiger partial charge in [0.1, 0.15) is 23.3 Å². The zero-order chi connectivity index (χ0) is 22.5. The SMILES string of the molecule is Cc1ccnc(Nc2cc(N3CCN(C(=O)/C=C/c4ccccc4Cl)CC3)nc(C)n2)c1. The van der Waals surface area contributed by atoms with E-state index in [1.165, 1.54) is 0 Å². The van der Waals surface area contributed by atoms with Crippen LogP contribution in [0.25, 0.3) is 6.08 Å². The lowest BCUT2D eigenvalue weighted by atomic mass is 10.2. The molecule has 0 saturated carbocycles. The zero-order valence-electron chi connectivity index (χ0n) is 18.1. The van der Waals surface area contributed by atoms with Gasteiger partial charge in [-0.05, 0) is 49.2 Å². The van der Waals surface area contributed by atoms with Gasteiger partial charge < -0.3 is 15.1 Å². The number of nitrogens with zero attached hydrogens (tertiary/aromatic N) is 5. The van der Waals surface area contributed by atoms with Crippen molar-refractivity contribution < 1.29 is 4.79 Å². The van der Waals surface area contributed by atoms with Gasteiger partial charge in [-0.3, -0.25) is 4.79 Å². The molecule has 1 aromatic carbocycles. The highest BCUT2D eigenvalue weighted by atomic mass is 35.5. The van der Waals surface area contributed by atoms with Gasteiger partial charge in [0.25, 0.3) is 0 Å². The predicted octanol–water partition coefficient (Wildman–Crippen LogP) is 4.25. The Hall–Kier alpha value is -3.45. The first-order valence-corrected chi connectivity index (χ1v) is 10.9. The van der Waals surface area contributed by atoms with Crippen LogP contribution in [0, 0.1) is 13.8 Å². The third-order valence-electron chi connectivity index (χ3n) is 5.22. The van der Waals surface area contributed by atoms with Crippen molar-refractivity contribution in [2.24, 2.45) is 0 Å². The molecule has 164 valence electrons. The van der Waals surface area contributed by atoms with Crippen molar-refractivity contribution in [2.45, 2.75) is 13.8 Å². The molecule has 1 saturated heterocycles. The van der Waals surface area contributed by atoms with Crippen LogP contribution >= 0.6 is 11.6 Å². The van der Waals surface area contributed by atoms with Gasteiger partial charge in [-0.15, -0.1) is 0 Å². The number of pyridine rings is 1. The van der Waals surface area contributed by atoms with E-state index in [2.05, 4.69) is 25.2 Å². The number of carbonyl (C=O) groups excluding carboxylic acids is 1. The van der Waals surface area contributed by atoms with E-state index in [0.29, 0.717) is 42.8 Å². The standard InChI is InChI=1S/C24H25ClN6O/c1-17-9-10-26-21(15-17)29-22-16-23(28-18(2)27-22)30-11-13-31(14-12-30)24(32)8-7-19-5-3-4-6-20(19)25/h3-10,15-16H,11-14H2,1-2H3,(H,26,27,28,29)/b8-7+. The van der Waals surface area contributed by atoms with Gasteiger partial charge in [0.05, 0.1) is 0 Å². The molecule has 0 bridgehead atoms. The summed E-state index contributed by atoms with van der Waals surface area (Å²) in [4.78, 5) is 30.0. The van der Waals surface area contributed by atoms with Crippen molar-refractivity contribution in [3.63, 3.8) is 0 Å². The Morgan fingerprint density at radius 3 is 2.56 bits per heavy atom. The Balaban J connectivity index is 1.39. The number of aryl methyl sites for hydroxylation is 2. The van der Waals surface area contributed by atoms with Gasteiger partial charge in [-0.25, -0.2) is 15.0 Å². The minimum atomic E-state index is -0.0173. The van der Waals surface area contributed by atoms with Crippen molar-refractivity contribution in [3.05, 3.63) is 76.7 Å². The summed E-state index contributed by atoms with van der Waals surface area (Å²) in [6.45, 7) is 6.54. The molecule has 1 aliphatic heterocycles. The quantitative estimate of drug-likeness (QED) is 0.588. The number of hydrogen-bond donors (Lipinski definition) is 1. The van der Waals surface area contributed by atoms with Gasteiger partial charge in [-0.1, -0.05) is 29.8 Å². The zero-order valence-corrected chi connectivity index (χ0v) is 18.9. The van der Waals surface area contributed by atoms with Crippen molar-refractivity contribution in [1.29, 1.82) is 0 Å². The van der Waals surface area contributed by atoms with Gasteiger partial charge >= 0.3 is 0 Å². The predicted molar refractivity (Wildman–Crippen MR) is 128 cm³/mol. The molecule has 7 nitrogen and oxygen atoms in total. The van der Waals surface area contributed by atoms with Crippen LogP contribution < -0.4 is 10.2 Å². The summed E-state index contributed by atoms with van der Waals surface area (Å²) in [6, 6.07) is 13.3. The van der Waals surface area contributed by atoms with E-state index >= 15 is 0 Å². The third-order valence-corrected chi connectivity index (χ3v) is 5.57. The summed E-state index contributed by atoms with van der Waals surface area (Å²) in [5.41, 5.74) is 1.96. The number of anilines is 3. The highest BCUT2D eigenvalue weighted by molar-refractivity contribution is 6.32. The summed E-state index contributed by atoms with van der Waals surface area (Å²) in [6.07, 6.45) is 5.12. The summed E-state index contributed by atoms with van der Waals surface area (Å²) < 4.78 is 0. The maximum atomic E-state index is 12.6. The minimum Gasteiger partial charge on any atom is -0.353 e. The smallest absolute Gasteiger partial charge is 0.246 e. The number of piperazine rings is 1. The van der Waals surface area contributed by atoms with Crippen LogP contribution in [0.2, 0.25) is 5.02 Å². The van der Waals surface area contributed by atoms with Crippen LogP contribution in [0.4, 0.5) is 17.5 Å². The van der Waals surface area contributed by atoms with Crippen molar-refractivity contribution in [2.75, 3.05) is 36.4 Å².